The molecule has 18 heavy (non-hydrogen) atoms. The van der Waals surface area contributed by atoms with E-state index in [9.17, 15) is 9.59 Å². The van der Waals surface area contributed by atoms with E-state index in [4.69, 9.17) is 9.84 Å². The summed E-state index contributed by atoms with van der Waals surface area (Å²) in [4.78, 5) is 22.7. The topological polar surface area (TPSA) is 63.6 Å². The second-order valence-corrected chi connectivity index (χ2v) is 3.51. The first-order chi connectivity index (χ1) is 8.51. The third-order valence-electron chi connectivity index (χ3n) is 2.36. The molecule has 1 N–H and O–H groups in total. The zero-order chi connectivity index (χ0) is 13.7. The zero-order valence-corrected chi connectivity index (χ0v) is 10.1. The summed E-state index contributed by atoms with van der Waals surface area (Å²) < 4.78 is 4.81. The number of carbonyl (C=O) groups excluding carboxylic acids is 1. The number of carboxylic acid groups (broad SMARTS) is 1. The van der Waals surface area contributed by atoms with Gasteiger partial charge in [0, 0.05) is 5.56 Å². The van der Waals surface area contributed by atoms with Crippen molar-refractivity contribution >= 4 is 23.6 Å². The molecule has 0 aliphatic heterocycles. The molecule has 0 bridgehead atoms. The number of carboxylic acids is 1. The van der Waals surface area contributed by atoms with Crippen LogP contribution in [-0.4, -0.2) is 23.7 Å². The Morgan fingerprint density at radius 3 is 2.56 bits per heavy atom. The second kappa shape index (κ2) is 5.82. The first-order valence-electron chi connectivity index (χ1n) is 5.37. The number of aromatic carboxylic acids is 1. The van der Waals surface area contributed by atoms with Gasteiger partial charge in [0.2, 0.25) is 0 Å². The lowest BCUT2D eigenvalue weighted by Gasteiger charge is -2.09. The van der Waals surface area contributed by atoms with E-state index in [-0.39, 0.29) is 23.3 Å². The molecule has 1 aromatic rings. The Kier molecular flexibility index (Phi) is 4.43. The monoisotopic (exact) mass is 246 g/mol. The van der Waals surface area contributed by atoms with E-state index in [0.29, 0.717) is 5.56 Å². The van der Waals surface area contributed by atoms with Crippen molar-refractivity contribution in [3.05, 3.63) is 48.0 Å². The molecule has 0 fully saturated rings. The third-order valence-corrected chi connectivity index (χ3v) is 2.36. The van der Waals surface area contributed by atoms with Crippen molar-refractivity contribution in [2.24, 2.45) is 0 Å². The van der Waals surface area contributed by atoms with Crippen LogP contribution >= 0.6 is 0 Å². The van der Waals surface area contributed by atoms with Crippen LogP contribution in [0.3, 0.4) is 0 Å². The molecule has 0 aliphatic rings. The van der Waals surface area contributed by atoms with Gasteiger partial charge in [-0.25, -0.2) is 9.59 Å². The summed E-state index contributed by atoms with van der Waals surface area (Å²) >= 11 is 0. The zero-order valence-electron chi connectivity index (χ0n) is 10.1. The van der Waals surface area contributed by atoms with E-state index in [2.05, 4.69) is 13.2 Å². The maximum Gasteiger partial charge on any atom is 0.338 e. The van der Waals surface area contributed by atoms with Gasteiger partial charge in [-0.05, 0) is 24.6 Å². The van der Waals surface area contributed by atoms with Crippen LogP contribution < -0.4 is 0 Å². The van der Waals surface area contributed by atoms with Gasteiger partial charge in [0.05, 0.1) is 17.7 Å². The van der Waals surface area contributed by atoms with Gasteiger partial charge < -0.3 is 9.84 Å². The van der Waals surface area contributed by atoms with Gasteiger partial charge in [-0.1, -0.05) is 25.3 Å². The second-order valence-electron chi connectivity index (χ2n) is 3.51. The molecule has 0 saturated heterocycles. The smallest absolute Gasteiger partial charge is 0.338 e. The number of carbonyl (C=O) groups is 2. The number of benzene rings is 1. The molecule has 0 aromatic heterocycles. The number of esters is 1. The largest absolute Gasteiger partial charge is 0.478 e. The van der Waals surface area contributed by atoms with Gasteiger partial charge in [0.15, 0.2) is 0 Å². The molecule has 0 saturated carbocycles. The van der Waals surface area contributed by atoms with E-state index in [0.717, 1.165) is 0 Å². The number of hydrogen-bond donors (Lipinski definition) is 1. The lowest BCUT2D eigenvalue weighted by Crippen LogP contribution is -2.10. The summed E-state index contributed by atoms with van der Waals surface area (Å²) in [6, 6.07) is 4.58. The highest BCUT2D eigenvalue weighted by molar-refractivity contribution is 6.18. The molecular weight excluding hydrogens is 232 g/mol. The first kappa shape index (κ1) is 13.7. The minimum Gasteiger partial charge on any atom is -0.478 e. The summed E-state index contributed by atoms with van der Waals surface area (Å²) in [5, 5.41) is 9.07. The fourth-order valence-electron chi connectivity index (χ4n) is 1.45. The summed E-state index contributed by atoms with van der Waals surface area (Å²) in [6.45, 7) is 9.06. The summed E-state index contributed by atoms with van der Waals surface area (Å²) in [5.41, 5.74) is 0.996. The normalized spacial score (nSPS) is 9.61. The molecule has 0 atom stereocenters. The molecule has 0 amide bonds. The molecule has 1 aromatic carbocycles. The standard InChI is InChI=1S/C14H14O4/c1-4-10-6-7-11(13(15)16)12(8-10)9(3)14(17)18-5-2/h4,6-8H,1,3,5H2,2H3,(H,15,16). The average molecular weight is 246 g/mol. The van der Waals surface area contributed by atoms with E-state index < -0.39 is 11.9 Å². The van der Waals surface area contributed by atoms with Crippen molar-refractivity contribution in [2.75, 3.05) is 6.61 Å². The van der Waals surface area contributed by atoms with Crippen molar-refractivity contribution in [1.82, 2.24) is 0 Å². The quantitative estimate of drug-likeness (QED) is 0.640. The van der Waals surface area contributed by atoms with Crippen molar-refractivity contribution < 1.29 is 19.4 Å². The summed E-state index contributed by atoms with van der Waals surface area (Å²) in [5.74, 6) is -1.74. The average Bonchev–Trinajstić information content (AvgIpc) is 2.37. The first-order valence-corrected chi connectivity index (χ1v) is 5.37. The molecule has 94 valence electrons. The lowest BCUT2D eigenvalue weighted by atomic mass is 9.98. The van der Waals surface area contributed by atoms with E-state index in [1.165, 1.54) is 6.07 Å². The maximum absolute atomic E-state index is 11.6. The predicted octanol–water partition coefficient (Wildman–Crippen LogP) is 2.60. The van der Waals surface area contributed by atoms with Crippen LogP contribution in [0.1, 0.15) is 28.4 Å². The van der Waals surface area contributed by atoms with Crippen LogP contribution in [-0.2, 0) is 9.53 Å². The highest BCUT2D eigenvalue weighted by Crippen LogP contribution is 2.21. The number of ether oxygens (including phenoxy) is 1. The molecule has 4 heteroatoms. The van der Waals surface area contributed by atoms with Gasteiger partial charge in [-0.15, -0.1) is 0 Å². The fourth-order valence-corrected chi connectivity index (χ4v) is 1.45. The Labute approximate surface area is 105 Å². The molecule has 4 nitrogen and oxygen atoms in total. The maximum atomic E-state index is 11.6. The van der Waals surface area contributed by atoms with Gasteiger partial charge >= 0.3 is 11.9 Å². The summed E-state index contributed by atoms with van der Waals surface area (Å²) in [6.07, 6.45) is 1.56. The summed E-state index contributed by atoms with van der Waals surface area (Å²) in [7, 11) is 0. The van der Waals surface area contributed by atoms with Gasteiger partial charge in [0.25, 0.3) is 0 Å². The Morgan fingerprint density at radius 1 is 1.39 bits per heavy atom. The van der Waals surface area contributed by atoms with Crippen LogP contribution in [0.2, 0.25) is 0 Å². The van der Waals surface area contributed by atoms with Gasteiger partial charge in [-0.2, -0.15) is 0 Å². The van der Waals surface area contributed by atoms with Crippen molar-refractivity contribution in [2.45, 2.75) is 6.92 Å². The molecule has 1 rings (SSSR count). The highest BCUT2D eigenvalue weighted by atomic mass is 16.5. The van der Waals surface area contributed by atoms with Crippen LogP contribution in [0.25, 0.3) is 11.6 Å². The predicted molar refractivity (Wildman–Crippen MR) is 69.2 cm³/mol. The van der Waals surface area contributed by atoms with Crippen molar-refractivity contribution in [1.29, 1.82) is 0 Å². The minimum absolute atomic E-state index is 0.0126. The number of rotatable bonds is 5. The molecule has 0 aliphatic carbocycles. The molecule has 0 heterocycles. The number of hydrogen-bond acceptors (Lipinski definition) is 3. The van der Waals surface area contributed by atoms with Crippen LogP contribution in [0.15, 0.2) is 31.4 Å². The van der Waals surface area contributed by atoms with E-state index in [1.54, 1.807) is 25.1 Å². The molecular formula is C14H14O4. The minimum atomic E-state index is -1.12. The van der Waals surface area contributed by atoms with Crippen LogP contribution in [0.4, 0.5) is 0 Å². The van der Waals surface area contributed by atoms with Crippen LogP contribution in [0, 0.1) is 0 Å². The van der Waals surface area contributed by atoms with Crippen molar-refractivity contribution in [3.63, 3.8) is 0 Å². The molecule has 0 spiro atoms. The van der Waals surface area contributed by atoms with E-state index in [1.807, 2.05) is 0 Å². The Bertz CT molecular complexity index is 515. The molecule has 0 unspecified atom stereocenters. The molecule has 0 radical (unpaired) electrons. The SMILES string of the molecule is C=Cc1ccc(C(=O)O)c(C(=C)C(=O)OCC)c1. The van der Waals surface area contributed by atoms with Crippen molar-refractivity contribution in [3.8, 4) is 0 Å². The van der Waals surface area contributed by atoms with Crippen LogP contribution in [0.5, 0.6) is 0 Å². The Morgan fingerprint density at radius 2 is 2.06 bits per heavy atom. The van der Waals surface area contributed by atoms with Gasteiger partial charge in [0.1, 0.15) is 0 Å². The third kappa shape index (κ3) is 2.85. The Balaban J connectivity index is 3.27. The van der Waals surface area contributed by atoms with E-state index >= 15 is 0 Å². The lowest BCUT2D eigenvalue weighted by molar-refractivity contribution is -0.136. The van der Waals surface area contributed by atoms with Gasteiger partial charge in [-0.3, -0.25) is 0 Å². The Hall–Kier alpha value is -2.36. The highest BCUT2D eigenvalue weighted by Gasteiger charge is 2.18. The fraction of sp³-hybridized carbons (Fsp3) is 0.143.